The Hall–Kier alpha value is -1.37. The van der Waals surface area contributed by atoms with Gasteiger partial charge in [0.05, 0.1) is 7.11 Å². The van der Waals surface area contributed by atoms with Gasteiger partial charge in [0, 0.05) is 13.0 Å². The van der Waals surface area contributed by atoms with Crippen LogP contribution < -0.4 is 10.1 Å². The van der Waals surface area contributed by atoms with Gasteiger partial charge in [0.25, 0.3) is 11.8 Å². The molecule has 4 rings (SSSR count). The molecule has 178 valence electrons. The van der Waals surface area contributed by atoms with E-state index >= 15 is 0 Å². The average Bonchev–Trinajstić information content (AvgIpc) is 3.59. The third-order valence-electron chi connectivity index (χ3n) is 7.51. The van der Waals surface area contributed by atoms with Crippen LogP contribution in [0.2, 0.25) is 0 Å². The van der Waals surface area contributed by atoms with Crippen LogP contribution in [0.25, 0.3) is 0 Å². The summed E-state index contributed by atoms with van der Waals surface area (Å²) in [4.78, 5) is 17.2. The van der Waals surface area contributed by atoms with Crippen LogP contribution in [0.1, 0.15) is 80.4 Å². The van der Waals surface area contributed by atoms with Gasteiger partial charge in [-0.3, -0.25) is 4.79 Å². The maximum absolute atomic E-state index is 13.8. The Morgan fingerprint density at radius 3 is 2.44 bits per heavy atom. The van der Waals surface area contributed by atoms with E-state index in [4.69, 9.17) is 4.74 Å². The van der Waals surface area contributed by atoms with Crippen molar-refractivity contribution in [2.24, 2.45) is 23.2 Å². The Morgan fingerprint density at radius 1 is 1.25 bits per heavy atom. The van der Waals surface area contributed by atoms with Crippen molar-refractivity contribution >= 4 is 17.7 Å². The highest BCUT2D eigenvalue weighted by Gasteiger charge is 2.50. The number of carbonyl (C=O) groups excluding carboxylic acids is 1. The first-order valence-electron chi connectivity index (χ1n) is 11.9. The normalized spacial score (nSPS) is 26.4. The molecule has 3 saturated carbocycles. The molecule has 3 aliphatic rings. The van der Waals surface area contributed by atoms with Crippen LogP contribution in [0.5, 0.6) is 5.88 Å². The van der Waals surface area contributed by atoms with E-state index in [1.807, 2.05) is 0 Å². The Kier molecular flexibility index (Phi) is 6.77. The van der Waals surface area contributed by atoms with E-state index in [1.54, 1.807) is 6.92 Å². The summed E-state index contributed by atoms with van der Waals surface area (Å²) >= 11 is 2.10. The summed E-state index contributed by atoms with van der Waals surface area (Å²) in [7, 11) is 1.37. The van der Waals surface area contributed by atoms with Crippen molar-refractivity contribution in [3.05, 3.63) is 22.9 Å². The number of nitrogens with zero attached hydrogens (tertiary/aromatic N) is 1. The van der Waals surface area contributed by atoms with Gasteiger partial charge < -0.3 is 10.1 Å². The molecule has 1 aromatic rings. The molecular weight excluding hydrogens is 430 g/mol. The fraction of sp³-hybridized carbons (Fsp3) is 0.760. The van der Waals surface area contributed by atoms with Crippen molar-refractivity contribution in [2.45, 2.75) is 77.7 Å². The zero-order valence-corrected chi connectivity index (χ0v) is 20.5. The number of ether oxygens (including phenoxy) is 1. The summed E-state index contributed by atoms with van der Waals surface area (Å²) in [5.74, 6) is 1.61. The molecule has 1 aromatic heterocycles. The summed E-state index contributed by atoms with van der Waals surface area (Å²) in [6, 6.07) is 1.31. The summed E-state index contributed by atoms with van der Waals surface area (Å²) in [6.45, 7) is 4.57. The number of hydrogen-bond acceptors (Lipinski definition) is 4. The smallest absolute Gasteiger partial charge is 0.287 e. The standard InChI is InChI=1S/C25H36F2N2O2S/c1-15-9-20(24(3,26)27)29-23(31-4)21(15)22(30)28-16(2)25(10-17-5-6-17)11-19(12-25)14-32-13-18-7-8-18/h9,16-19H,5-8,10-14H2,1-4H3,(H,28,30). The van der Waals surface area contributed by atoms with Crippen LogP contribution in [0.15, 0.2) is 6.07 Å². The molecule has 3 fully saturated rings. The van der Waals surface area contributed by atoms with Crippen LogP contribution in [0.4, 0.5) is 8.78 Å². The van der Waals surface area contributed by atoms with Crippen molar-refractivity contribution in [2.75, 3.05) is 18.6 Å². The first-order chi connectivity index (χ1) is 15.1. The number of nitrogens with one attached hydrogen (secondary N) is 1. The Balaban J connectivity index is 1.43. The quantitative estimate of drug-likeness (QED) is 0.437. The topological polar surface area (TPSA) is 51.2 Å². The number of halogens is 2. The lowest BCUT2D eigenvalue weighted by atomic mass is 9.56. The van der Waals surface area contributed by atoms with E-state index in [0.29, 0.717) is 5.56 Å². The molecule has 4 nitrogen and oxygen atoms in total. The lowest BCUT2D eigenvalue weighted by molar-refractivity contribution is 0.0118. The number of carbonyl (C=O) groups is 1. The van der Waals surface area contributed by atoms with Crippen LogP contribution in [0.3, 0.4) is 0 Å². The summed E-state index contributed by atoms with van der Waals surface area (Å²) in [5, 5.41) is 3.20. The molecule has 1 unspecified atom stereocenters. The fourth-order valence-corrected chi connectivity index (χ4v) is 6.57. The number of aryl methyl sites for hydroxylation is 1. The van der Waals surface area contributed by atoms with E-state index < -0.39 is 5.92 Å². The lowest BCUT2D eigenvalue weighted by Gasteiger charge is -2.52. The summed E-state index contributed by atoms with van der Waals surface area (Å²) in [6.07, 6.45) is 8.91. The second-order valence-corrected chi connectivity index (χ2v) is 11.6. The van der Waals surface area contributed by atoms with Crippen LogP contribution in [0, 0.1) is 30.1 Å². The van der Waals surface area contributed by atoms with Crippen LogP contribution in [-0.2, 0) is 5.92 Å². The van der Waals surface area contributed by atoms with E-state index in [1.165, 1.54) is 56.8 Å². The first kappa shape index (κ1) is 23.8. The maximum Gasteiger partial charge on any atom is 0.287 e. The molecule has 0 saturated heterocycles. The first-order valence-corrected chi connectivity index (χ1v) is 13.1. The zero-order valence-electron chi connectivity index (χ0n) is 19.7. The van der Waals surface area contributed by atoms with E-state index in [-0.39, 0.29) is 34.5 Å². The van der Waals surface area contributed by atoms with Crippen molar-refractivity contribution in [3.63, 3.8) is 0 Å². The van der Waals surface area contributed by atoms with Gasteiger partial charge in [0.1, 0.15) is 11.3 Å². The van der Waals surface area contributed by atoms with Gasteiger partial charge in [-0.25, -0.2) is 4.98 Å². The number of thioether (sulfide) groups is 1. The predicted molar refractivity (Wildman–Crippen MR) is 125 cm³/mol. The van der Waals surface area contributed by atoms with Gasteiger partial charge in [-0.1, -0.05) is 12.8 Å². The molecule has 1 amide bonds. The SMILES string of the molecule is COc1nc(C(C)(F)F)cc(C)c1C(=O)NC(C)C1(CC2CC2)CC(CSCC2CC2)C1. The highest BCUT2D eigenvalue weighted by atomic mass is 32.2. The van der Waals surface area contributed by atoms with Crippen LogP contribution in [-0.4, -0.2) is 35.5 Å². The van der Waals surface area contributed by atoms with Crippen molar-refractivity contribution in [3.8, 4) is 5.88 Å². The van der Waals surface area contributed by atoms with Crippen LogP contribution >= 0.6 is 11.8 Å². The highest BCUT2D eigenvalue weighted by Crippen LogP contribution is 2.56. The Morgan fingerprint density at radius 2 is 1.88 bits per heavy atom. The maximum atomic E-state index is 13.8. The van der Waals surface area contributed by atoms with Crippen molar-refractivity contribution < 1.29 is 18.3 Å². The zero-order chi connectivity index (χ0) is 23.1. The van der Waals surface area contributed by atoms with Gasteiger partial charge in [0.2, 0.25) is 5.88 Å². The molecule has 0 spiro atoms. The summed E-state index contributed by atoms with van der Waals surface area (Å²) in [5.41, 5.74) is 0.473. The van der Waals surface area contributed by atoms with Gasteiger partial charge in [-0.15, -0.1) is 0 Å². The van der Waals surface area contributed by atoms with E-state index in [0.717, 1.165) is 37.5 Å². The lowest BCUT2D eigenvalue weighted by Crippen LogP contribution is -2.53. The molecule has 32 heavy (non-hydrogen) atoms. The van der Waals surface area contributed by atoms with E-state index in [9.17, 15) is 13.6 Å². The number of hydrogen-bond donors (Lipinski definition) is 1. The third-order valence-corrected chi connectivity index (χ3v) is 8.92. The molecule has 7 heteroatoms. The fourth-order valence-electron chi connectivity index (χ4n) is 5.20. The molecule has 1 atom stereocenters. The monoisotopic (exact) mass is 466 g/mol. The highest BCUT2D eigenvalue weighted by molar-refractivity contribution is 7.99. The van der Waals surface area contributed by atoms with Crippen molar-refractivity contribution in [1.82, 2.24) is 10.3 Å². The number of pyridine rings is 1. The summed E-state index contributed by atoms with van der Waals surface area (Å²) < 4.78 is 32.8. The number of alkyl halides is 2. The largest absolute Gasteiger partial charge is 0.480 e. The predicted octanol–water partition coefficient (Wildman–Crippen LogP) is 5.97. The molecule has 1 heterocycles. The molecular formula is C25H36F2N2O2S. The average molecular weight is 467 g/mol. The van der Waals surface area contributed by atoms with Gasteiger partial charge in [-0.05, 0) is 92.3 Å². The Bertz CT molecular complexity index is 843. The molecule has 0 bridgehead atoms. The minimum Gasteiger partial charge on any atom is -0.480 e. The molecule has 1 N–H and O–H groups in total. The van der Waals surface area contributed by atoms with E-state index in [2.05, 4.69) is 29.0 Å². The third kappa shape index (κ3) is 5.40. The minimum atomic E-state index is -3.09. The van der Waals surface area contributed by atoms with Gasteiger partial charge in [0.15, 0.2) is 0 Å². The molecule has 3 aliphatic carbocycles. The number of rotatable bonds is 11. The second kappa shape index (κ2) is 9.11. The van der Waals surface area contributed by atoms with Gasteiger partial charge in [-0.2, -0.15) is 20.5 Å². The number of aromatic nitrogens is 1. The minimum absolute atomic E-state index is 0.0247. The molecule has 0 aliphatic heterocycles. The Labute approximate surface area is 194 Å². The molecule has 0 aromatic carbocycles. The number of methoxy groups -OCH3 is 1. The van der Waals surface area contributed by atoms with Crippen molar-refractivity contribution in [1.29, 1.82) is 0 Å². The van der Waals surface area contributed by atoms with Gasteiger partial charge >= 0.3 is 0 Å². The second-order valence-electron chi connectivity index (χ2n) is 10.6. The number of amides is 1. The molecule has 0 radical (unpaired) electrons.